The highest BCUT2D eigenvalue weighted by Crippen LogP contribution is 2.37. The number of hydrogen-bond acceptors (Lipinski definition) is 1. The van der Waals surface area contributed by atoms with Crippen LogP contribution in [0.3, 0.4) is 0 Å². The molecule has 2 aromatic heterocycles. The maximum absolute atomic E-state index is 13.7. The third-order valence-corrected chi connectivity index (χ3v) is 4.18. The van der Waals surface area contributed by atoms with Crippen LogP contribution in [0.5, 0.6) is 0 Å². The van der Waals surface area contributed by atoms with Crippen LogP contribution in [0, 0.1) is 5.82 Å². The Bertz CT molecular complexity index is 1010. The smallest absolute Gasteiger partial charge is 0.123 e. The maximum Gasteiger partial charge on any atom is 0.123 e. The topological polar surface area (TPSA) is 46.7 Å². The summed E-state index contributed by atoms with van der Waals surface area (Å²) in [6, 6.07) is 12.6. The number of H-pyrrole nitrogens is 1. The number of nitrogen functional groups attached to an aromatic ring is 1. The minimum atomic E-state index is -0.231. The van der Waals surface area contributed by atoms with Gasteiger partial charge in [0.1, 0.15) is 5.82 Å². The molecule has 4 heteroatoms. The molecule has 0 amide bonds. The van der Waals surface area contributed by atoms with Crippen LogP contribution in [0.1, 0.15) is 0 Å². The Kier molecular flexibility index (Phi) is 2.98. The fourth-order valence-corrected chi connectivity index (χ4v) is 3.11. The summed E-state index contributed by atoms with van der Waals surface area (Å²) in [5.74, 6) is -0.231. The monoisotopic (exact) mass is 305 g/mol. The average molecular weight is 305 g/mol. The van der Waals surface area contributed by atoms with Gasteiger partial charge < -0.3 is 15.3 Å². The number of nitrogens with zero attached hydrogens (tertiary/aromatic N) is 1. The van der Waals surface area contributed by atoms with E-state index in [1.165, 1.54) is 6.07 Å². The van der Waals surface area contributed by atoms with Crippen LogP contribution < -0.4 is 5.73 Å². The summed E-state index contributed by atoms with van der Waals surface area (Å²) in [6.45, 7) is 0. The van der Waals surface area contributed by atoms with E-state index >= 15 is 0 Å². The van der Waals surface area contributed by atoms with Crippen LogP contribution in [0.15, 0.2) is 61.1 Å². The number of aromatic nitrogens is 2. The number of anilines is 1. The predicted octanol–water partition coefficient (Wildman–Crippen LogP) is 4.56. The van der Waals surface area contributed by atoms with Crippen molar-refractivity contribution in [2.24, 2.45) is 7.05 Å². The maximum atomic E-state index is 13.7. The second-order valence-corrected chi connectivity index (χ2v) is 5.72. The van der Waals surface area contributed by atoms with Gasteiger partial charge in [-0.3, -0.25) is 0 Å². The molecule has 114 valence electrons. The van der Waals surface area contributed by atoms with Crippen molar-refractivity contribution in [1.29, 1.82) is 0 Å². The lowest BCUT2D eigenvalue weighted by atomic mass is 9.98. The standard InChI is InChI=1S/C19H16FN3/c1-23-11-18(15-8-13(20)5-6-19(15)23)17-10-22-9-16(17)12-3-2-4-14(21)7-12/h2-11,22H,21H2,1H3. The zero-order chi connectivity index (χ0) is 16.0. The van der Waals surface area contributed by atoms with Crippen molar-refractivity contribution in [2.75, 3.05) is 5.73 Å². The molecule has 0 aliphatic rings. The lowest BCUT2D eigenvalue weighted by Crippen LogP contribution is -1.85. The molecule has 3 N–H and O–H groups in total. The molecule has 4 aromatic rings. The molecule has 3 nitrogen and oxygen atoms in total. The number of fused-ring (bicyclic) bond motifs is 1. The average Bonchev–Trinajstić information content (AvgIpc) is 3.12. The quantitative estimate of drug-likeness (QED) is 0.524. The Morgan fingerprint density at radius 3 is 2.65 bits per heavy atom. The largest absolute Gasteiger partial charge is 0.399 e. The molecule has 0 aliphatic heterocycles. The van der Waals surface area contributed by atoms with Gasteiger partial charge in [-0.15, -0.1) is 0 Å². The van der Waals surface area contributed by atoms with Gasteiger partial charge in [0.2, 0.25) is 0 Å². The number of halogens is 1. The summed E-state index contributed by atoms with van der Waals surface area (Å²) in [4.78, 5) is 3.16. The number of aromatic amines is 1. The van der Waals surface area contributed by atoms with Gasteiger partial charge in [0, 0.05) is 58.9 Å². The third kappa shape index (κ3) is 2.19. The minimum Gasteiger partial charge on any atom is -0.399 e. The van der Waals surface area contributed by atoms with Gasteiger partial charge in [-0.1, -0.05) is 12.1 Å². The fourth-order valence-electron chi connectivity index (χ4n) is 3.11. The first-order valence-corrected chi connectivity index (χ1v) is 7.41. The van der Waals surface area contributed by atoms with E-state index < -0.39 is 0 Å². The van der Waals surface area contributed by atoms with Crippen LogP contribution in [0.25, 0.3) is 33.2 Å². The highest BCUT2D eigenvalue weighted by Gasteiger charge is 2.15. The molecular formula is C19H16FN3. The van der Waals surface area contributed by atoms with Crippen LogP contribution in [0.2, 0.25) is 0 Å². The van der Waals surface area contributed by atoms with Crippen molar-refractivity contribution < 1.29 is 4.39 Å². The number of hydrogen-bond donors (Lipinski definition) is 2. The van der Waals surface area contributed by atoms with E-state index in [4.69, 9.17) is 5.73 Å². The van der Waals surface area contributed by atoms with E-state index in [1.54, 1.807) is 12.1 Å². The van der Waals surface area contributed by atoms with Crippen molar-refractivity contribution in [3.05, 3.63) is 66.9 Å². The van der Waals surface area contributed by atoms with Crippen LogP contribution in [0.4, 0.5) is 10.1 Å². The molecule has 0 aliphatic carbocycles. The zero-order valence-corrected chi connectivity index (χ0v) is 12.7. The SMILES string of the molecule is Cn1cc(-c2c[nH]cc2-c2cccc(N)c2)c2cc(F)ccc21. The predicted molar refractivity (Wildman–Crippen MR) is 92.5 cm³/mol. The number of benzene rings is 2. The van der Waals surface area contributed by atoms with Gasteiger partial charge in [-0.2, -0.15) is 0 Å². The van der Waals surface area contributed by atoms with Gasteiger partial charge in [0.15, 0.2) is 0 Å². The van der Waals surface area contributed by atoms with E-state index in [2.05, 4.69) is 4.98 Å². The molecule has 23 heavy (non-hydrogen) atoms. The summed E-state index contributed by atoms with van der Waals surface area (Å²) in [6.07, 6.45) is 5.92. The normalized spacial score (nSPS) is 11.2. The highest BCUT2D eigenvalue weighted by atomic mass is 19.1. The summed E-state index contributed by atoms with van der Waals surface area (Å²) in [5.41, 5.74) is 11.7. The number of aryl methyl sites for hydroxylation is 1. The van der Waals surface area contributed by atoms with Gasteiger partial charge >= 0.3 is 0 Å². The molecule has 4 rings (SSSR count). The van der Waals surface area contributed by atoms with Crippen molar-refractivity contribution >= 4 is 16.6 Å². The van der Waals surface area contributed by atoms with E-state index in [9.17, 15) is 4.39 Å². The minimum absolute atomic E-state index is 0.231. The molecule has 0 saturated carbocycles. The molecular weight excluding hydrogens is 289 g/mol. The lowest BCUT2D eigenvalue weighted by molar-refractivity contribution is 0.629. The molecule has 2 heterocycles. The molecule has 0 unspecified atom stereocenters. The van der Waals surface area contributed by atoms with Crippen LogP contribution in [-0.2, 0) is 7.05 Å². The zero-order valence-electron chi connectivity index (χ0n) is 12.7. The molecule has 0 spiro atoms. The van der Waals surface area contributed by atoms with Crippen molar-refractivity contribution in [3.63, 3.8) is 0 Å². The van der Waals surface area contributed by atoms with Crippen molar-refractivity contribution in [3.8, 4) is 22.3 Å². The van der Waals surface area contributed by atoms with Gasteiger partial charge in [-0.25, -0.2) is 4.39 Å². The molecule has 0 bridgehead atoms. The second-order valence-electron chi connectivity index (χ2n) is 5.72. The van der Waals surface area contributed by atoms with Gasteiger partial charge in [0.05, 0.1) is 0 Å². The summed E-state index contributed by atoms with van der Waals surface area (Å²) in [7, 11) is 1.97. The number of nitrogens with one attached hydrogen (secondary N) is 1. The summed E-state index contributed by atoms with van der Waals surface area (Å²) >= 11 is 0. The van der Waals surface area contributed by atoms with Crippen molar-refractivity contribution in [1.82, 2.24) is 9.55 Å². The second kappa shape index (κ2) is 5.02. The van der Waals surface area contributed by atoms with E-state index in [0.717, 1.165) is 38.8 Å². The van der Waals surface area contributed by atoms with Crippen LogP contribution in [-0.4, -0.2) is 9.55 Å². The molecule has 0 fully saturated rings. The Labute approximate surface area is 133 Å². The highest BCUT2D eigenvalue weighted by molar-refractivity contribution is 6.00. The number of nitrogens with two attached hydrogens (primary N) is 1. The first-order valence-electron chi connectivity index (χ1n) is 7.41. The Morgan fingerprint density at radius 1 is 1.00 bits per heavy atom. The van der Waals surface area contributed by atoms with Crippen molar-refractivity contribution in [2.45, 2.75) is 0 Å². The number of rotatable bonds is 2. The van der Waals surface area contributed by atoms with E-state index in [0.29, 0.717) is 0 Å². The van der Waals surface area contributed by atoms with E-state index in [-0.39, 0.29) is 5.82 Å². The Hall–Kier alpha value is -3.01. The Balaban J connectivity index is 1.97. The molecule has 0 atom stereocenters. The van der Waals surface area contributed by atoms with Crippen LogP contribution >= 0.6 is 0 Å². The lowest BCUT2D eigenvalue weighted by Gasteiger charge is -2.05. The van der Waals surface area contributed by atoms with Gasteiger partial charge in [0.25, 0.3) is 0 Å². The fraction of sp³-hybridized carbons (Fsp3) is 0.0526. The molecule has 0 radical (unpaired) electrons. The third-order valence-electron chi connectivity index (χ3n) is 4.18. The first-order chi connectivity index (χ1) is 11.1. The molecule has 0 saturated heterocycles. The first kappa shape index (κ1) is 13.6. The summed E-state index contributed by atoms with van der Waals surface area (Å²) in [5, 5.41) is 0.900. The summed E-state index contributed by atoms with van der Waals surface area (Å²) < 4.78 is 15.7. The van der Waals surface area contributed by atoms with Gasteiger partial charge in [-0.05, 0) is 35.9 Å². The molecule has 2 aromatic carbocycles. The van der Waals surface area contributed by atoms with E-state index in [1.807, 2.05) is 54.5 Å². The Morgan fingerprint density at radius 2 is 1.83 bits per heavy atom.